The van der Waals surface area contributed by atoms with Gasteiger partial charge in [0.05, 0.1) is 17.7 Å². The molecule has 0 aliphatic heterocycles. The average Bonchev–Trinajstić information content (AvgIpc) is 3.11. The summed E-state index contributed by atoms with van der Waals surface area (Å²) in [7, 11) is 0. The van der Waals surface area contributed by atoms with E-state index in [1.54, 1.807) is 38.1 Å². The number of nitrogens with one attached hydrogen (secondary N) is 1. The Balaban J connectivity index is 1.87. The first-order valence-corrected chi connectivity index (χ1v) is 8.27. The maximum Gasteiger partial charge on any atom is 0.416 e. The molecular formula is C18H18F3N5O. The molecule has 6 nitrogen and oxygen atoms in total. The number of alkyl halides is 3. The number of anilines is 2. The molecule has 0 saturated heterocycles. The first-order valence-electron chi connectivity index (χ1n) is 8.27. The quantitative estimate of drug-likeness (QED) is 0.702. The van der Waals surface area contributed by atoms with Gasteiger partial charge in [-0.2, -0.15) is 18.0 Å². The van der Waals surface area contributed by atoms with E-state index in [0.29, 0.717) is 22.8 Å². The Bertz CT molecular complexity index is 906. The lowest BCUT2D eigenvalue weighted by atomic mass is 10.1. The molecule has 27 heavy (non-hydrogen) atoms. The van der Waals surface area contributed by atoms with Crippen molar-refractivity contribution in [3.05, 3.63) is 54.1 Å². The highest BCUT2D eigenvalue weighted by atomic mass is 19.4. The van der Waals surface area contributed by atoms with Crippen LogP contribution in [0.5, 0.6) is 0 Å². The van der Waals surface area contributed by atoms with Crippen molar-refractivity contribution in [2.45, 2.75) is 32.2 Å². The van der Waals surface area contributed by atoms with Crippen molar-refractivity contribution in [2.75, 3.05) is 5.32 Å². The fourth-order valence-corrected chi connectivity index (χ4v) is 2.38. The molecule has 0 amide bonds. The van der Waals surface area contributed by atoms with Crippen molar-refractivity contribution in [3.8, 4) is 11.4 Å². The number of tetrazole rings is 1. The van der Waals surface area contributed by atoms with Crippen LogP contribution in [0.1, 0.15) is 25.5 Å². The third-order valence-electron chi connectivity index (χ3n) is 4.15. The second-order valence-corrected chi connectivity index (χ2v) is 6.16. The monoisotopic (exact) mass is 377 g/mol. The number of nitrogens with zero attached hydrogens (tertiary/aromatic N) is 4. The fraction of sp³-hybridized carbons (Fsp3) is 0.278. The molecular weight excluding hydrogens is 359 g/mol. The average molecular weight is 377 g/mol. The molecule has 2 atom stereocenters. The fourth-order valence-electron chi connectivity index (χ4n) is 2.38. The van der Waals surface area contributed by atoms with Crippen LogP contribution in [0.15, 0.2) is 48.5 Å². The van der Waals surface area contributed by atoms with Crippen molar-refractivity contribution in [1.29, 1.82) is 0 Å². The van der Waals surface area contributed by atoms with E-state index in [-0.39, 0.29) is 6.04 Å². The number of para-hydroxylation sites is 1. The lowest BCUT2D eigenvalue weighted by Gasteiger charge is -2.12. The minimum atomic E-state index is -4.38. The first kappa shape index (κ1) is 18.8. The Hall–Kier alpha value is -2.94. The third-order valence-corrected chi connectivity index (χ3v) is 4.15. The van der Waals surface area contributed by atoms with Crippen molar-refractivity contribution in [1.82, 2.24) is 20.2 Å². The van der Waals surface area contributed by atoms with E-state index in [9.17, 15) is 18.3 Å². The number of hydrogen-bond acceptors (Lipinski definition) is 5. The van der Waals surface area contributed by atoms with Gasteiger partial charge >= 0.3 is 6.18 Å². The Morgan fingerprint density at radius 3 is 2.33 bits per heavy atom. The van der Waals surface area contributed by atoms with Crippen LogP contribution in [0.4, 0.5) is 24.5 Å². The van der Waals surface area contributed by atoms with Crippen molar-refractivity contribution in [3.63, 3.8) is 0 Å². The standard InChI is InChI=1S/C18H18F3N5O/c1-11(12(2)27)26-24-17(23-25-26)15-5-3-4-6-16(15)22-14-9-7-13(8-10-14)18(19,20)21/h3-12,22,27H,1-2H3/t11-,12-/m0/s1. The van der Waals surface area contributed by atoms with Gasteiger partial charge in [0.1, 0.15) is 0 Å². The number of hydrogen-bond donors (Lipinski definition) is 2. The zero-order valence-corrected chi connectivity index (χ0v) is 14.6. The minimum Gasteiger partial charge on any atom is -0.391 e. The normalized spacial score (nSPS) is 14.0. The molecule has 9 heteroatoms. The van der Waals surface area contributed by atoms with E-state index < -0.39 is 17.8 Å². The topological polar surface area (TPSA) is 75.9 Å². The molecule has 1 aromatic heterocycles. The predicted molar refractivity (Wildman–Crippen MR) is 94.4 cm³/mol. The molecule has 0 bridgehead atoms. The molecule has 0 aliphatic carbocycles. The summed E-state index contributed by atoms with van der Waals surface area (Å²) in [5.74, 6) is 0.345. The van der Waals surface area contributed by atoms with Crippen LogP contribution in [0, 0.1) is 0 Å². The molecule has 3 rings (SSSR count). The Morgan fingerprint density at radius 2 is 1.70 bits per heavy atom. The van der Waals surface area contributed by atoms with Gasteiger partial charge in [-0.1, -0.05) is 12.1 Å². The first-order chi connectivity index (χ1) is 12.8. The van der Waals surface area contributed by atoms with Crippen LogP contribution in [0.2, 0.25) is 0 Å². The summed E-state index contributed by atoms with van der Waals surface area (Å²) in [6.45, 7) is 3.40. The minimum absolute atomic E-state index is 0.345. The van der Waals surface area contributed by atoms with E-state index in [1.807, 2.05) is 0 Å². The van der Waals surface area contributed by atoms with Gasteiger partial charge in [0, 0.05) is 16.9 Å². The molecule has 0 saturated carbocycles. The van der Waals surface area contributed by atoms with Crippen molar-refractivity contribution in [2.24, 2.45) is 0 Å². The number of aliphatic hydroxyl groups excluding tert-OH is 1. The number of benzene rings is 2. The van der Waals surface area contributed by atoms with E-state index in [1.165, 1.54) is 16.9 Å². The Morgan fingerprint density at radius 1 is 1.04 bits per heavy atom. The molecule has 142 valence electrons. The van der Waals surface area contributed by atoms with Gasteiger partial charge in [0.25, 0.3) is 0 Å². The number of aromatic nitrogens is 4. The van der Waals surface area contributed by atoms with E-state index in [4.69, 9.17) is 0 Å². The largest absolute Gasteiger partial charge is 0.416 e. The maximum atomic E-state index is 12.7. The maximum absolute atomic E-state index is 12.7. The number of rotatable bonds is 5. The van der Waals surface area contributed by atoms with Gasteiger partial charge in [-0.15, -0.1) is 10.2 Å². The molecule has 2 N–H and O–H groups in total. The van der Waals surface area contributed by atoms with Crippen molar-refractivity contribution >= 4 is 11.4 Å². The lowest BCUT2D eigenvalue weighted by molar-refractivity contribution is -0.137. The molecule has 1 heterocycles. The SMILES string of the molecule is C[C@H](O)[C@H](C)n1nnc(-c2ccccc2Nc2ccc(C(F)(F)F)cc2)n1. The van der Waals surface area contributed by atoms with E-state index >= 15 is 0 Å². The Labute approximate surface area is 153 Å². The summed E-state index contributed by atoms with van der Waals surface area (Å²) < 4.78 is 38.1. The second-order valence-electron chi connectivity index (χ2n) is 6.16. The van der Waals surface area contributed by atoms with E-state index in [0.717, 1.165) is 12.1 Å². The van der Waals surface area contributed by atoms with Crippen LogP contribution >= 0.6 is 0 Å². The molecule has 0 fully saturated rings. The summed E-state index contributed by atoms with van der Waals surface area (Å²) in [6, 6.07) is 11.5. The molecule has 0 radical (unpaired) electrons. The molecule has 3 aromatic rings. The Kier molecular flexibility index (Phi) is 5.13. The van der Waals surface area contributed by atoms with Gasteiger partial charge in [-0.25, -0.2) is 0 Å². The van der Waals surface area contributed by atoms with Gasteiger partial charge in [0.2, 0.25) is 5.82 Å². The molecule has 2 aromatic carbocycles. The molecule has 0 spiro atoms. The highest BCUT2D eigenvalue weighted by Crippen LogP contribution is 2.32. The van der Waals surface area contributed by atoms with Crippen LogP contribution in [0.25, 0.3) is 11.4 Å². The summed E-state index contributed by atoms with van der Waals surface area (Å²) in [5.41, 5.74) is 1.06. The smallest absolute Gasteiger partial charge is 0.391 e. The summed E-state index contributed by atoms with van der Waals surface area (Å²) in [5, 5.41) is 25.0. The third kappa shape index (κ3) is 4.25. The van der Waals surface area contributed by atoms with Crippen LogP contribution < -0.4 is 5.32 Å². The molecule has 0 unspecified atom stereocenters. The van der Waals surface area contributed by atoms with Crippen LogP contribution in [-0.4, -0.2) is 31.4 Å². The van der Waals surface area contributed by atoms with Crippen LogP contribution in [-0.2, 0) is 6.18 Å². The zero-order chi connectivity index (χ0) is 19.6. The summed E-state index contributed by atoms with van der Waals surface area (Å²) in [4.78, 5) is 1.33. The zero-order valence-electron chi connectivity index (χ0n) is 14.6. The summed E-state index contributed by atoms with van der Waals surface area (Å²) >= 11 is 0. The second kappa shape index (κ2) is 7.36. The lowest BCUT2D eigenvalue weighted by Crippen LogP contribution is -2.20. The van der Waals surface area contributed by atoms with Gasteiger partial charge in [-0.05, 0) is 55.5 Å². The van der Waals surface area contributed by atoms with Gasteiger partial charge in [0.15, 0.2) is 0 Å². The van der Waals surface area contributed by atoms with Crippen LogP contribution in [0.3, 0.4) is 0 Å². The highest BCUT2D eigenvalue weighted by molar-refractivity contribution is 5.77. The van der Waals surface area contributed by atoms with Gasteiger partial charge in [-0.3, -0.25) is 0 Å². The molecule has 0 aliphatic rings. The van der Waals surface area contributed by atoms with E-state index in [2.05, 4.69) is 20.7 Å². The summed E-state index contributed by atoms with van der Waals surface area (Å²) in [6.07, 6.45) is -5.02. The van der Waals surface area contributed by atoms with Crippen molar-refractivity contribution < 1.29 is 18.3 Å². The van der Waals surface area contributed by atoms with Gasteiger partial charge < -0.3 is 10.4 Å². The highest BCUT2D eigenvalue weighted by Gasteiger charge is 2.30. The predicted octanol–water partition coefficient (Wildman–Crippen LogP) is 4.04. The number of aliphatic hydroxyl groups is 1. The number of halogens is 3.